The van der Waals surface area contributed by atoms with Crippen LogP contribution < -0.4 is 19.8 Å². The molecule has 7 nitrogen and oxygen atoms in total. The van der Waals surface area contributed by atoms with Crippen molar-refractivity contribution in [2.24, 2.45) is 5.92 Å². The molecule has 9 heteroatoms. The van der Waals surface area contributed by atoms with Gasteiger partial charge in [0.05, 0.1) is 30.7 Å². The molecule has 2 aromatic carbocycles. The van der Waals surface area contributed by atoms with Gasteiger partial charge < -0.3 is 13.9 Å². The number of amides is 1. The first kappa shape index (κ1) is 23.4. The fourth-order valence-corrected chi connectivity index (χ4v) is 5.01. The van der Waals surface area contributed by atoms with Crippen molar-refractivity contribution in [1.29, 1.82) is 0 Å². The minimum absolute atomic E-state index is 0.00116. The fourth-order valence-electron chi connectivity index (χ4n) is 4.17. The standard InChI is InChI=1S/C26H23ClN2O5S/c1-14(2)8-10-33-19-6-4-15(12-20(19)32-3)22-21-23(30)17-13-16(27)5-7-18(17)34-24(21)25(31)29(22)26-28-9-11-35-26/h4-7,9,11-14,22H,8,10H2,1-3H3. The third-order valence-electron chi connectivity index (χ3n) is 5.91. The van der Waals surface area contributed by atoms with E-state index in [9.17, 15) is 9.59 Å². The summed E-state index contributed by atoms with van der Waals surface area (Å²) in [4.78, 5) is 33.1. The van der Waals surface area contributed by atoms with Gasteiger partial charge in [-0.1, -0.05) is 31.5 Å². The summed E-state index contributed by atoms with van der Waals surface area (Å²) in [7, 11) is 1.56. The lowest BCUT2D eigenvalue weighted by atomic mass is 9.98. The molecule has 180 valence electrons. The molecule has 0 fully saturated rings. The first-order chi connectivity index (χ1) is 16.9. The predicted molar refractivity (Wildman–Crippen MR) is 136 cm³/mol. The Hall–Kier alpha value is -3.36. The molecule has 1 aliphatic heterocycles. The zero-order valence-corrected chi connectivity index (χ0v) is 21.0. The normalized spacial score (nSPS) is 15.2. The second kappa shape index (κ2) is 9.36. The Balaban J connectivity index is 1.67. The molecular weight excluding hydrogens is 488 g/mol. The smallest absolute Gasteiger partial charge is 0.297 e. The second-order valence-electron chi connectivity index (χ2n) is 8.65. The van der Waals surface area contributed by atoms with E-state index >= 15 is 0 Å². The zero-order chi connectivity index (χ0) is 24.7. The van der Waals surface area contributed by atoms with Gasteiger partial charge in [0.1, 0.15) is 5.58 Å². The largest absolute Gasteiger partial charge is 0.493 e. The van der Waals surface area contributed by atoms with Gasteiger partial charge in [0.2, 0.25) is 5.76 Å². The number of rotatable bonds is 7. The Bertz CT molecular complexity index is 1460. The molecule has 35 heavy (non-hydrogen) atoms. The van der Waals surface area contributed by atoms with Gasteiger partial charge in [0.15, 0.2) is 22.1 Å². The summed E-state index contributed by atoms with van der Waals surface area (Å²) in [6, 6.07) is 9.46. The molecule has 0 bridgehead atoms. The van der Waals surface area contributed by atoms with E-state index in [4.69, 9.17) is 25.5 Å². The SMILES string of the molecule is COc1cc(C2c3c(oc4ccc(Cl)cc4c3=O)C(=O)N2c2nccs2)ccc1OCCC(C)C. The molecule has 1 aliphatic rings. The van der Waals surface area contributed by atoms with Crippen molar-refractivity contribution >= 4 is 44.9 Å². The van der Waals surface area contributed by atoms with E-state index in [1.54, 1.807) is 49.0 Å². The number of benzene rings is 2. The number of hydrogen-bond acceptors (Lipinski definition) is 7. The number of halogens is 1. The summed E-state index contributed by atoms with van der Waals surface area (Å²) in [5, 5.41) is 2.96. The van der Waals surface area contributed by atoms with Crippen molar-refractivity contribution < 1.29 is 18.7 Å². The van der Waals surface area contributed by atoms with E-state index in [1.165, 1.54) is 16.2 Å². The minimum Gasteiger partial charge on any atom is -0.493 e. The quantitative estimate of drug-likeness (QED) is 0.299. The predicted octanol–water partition coefficient (Wildman–Crippen LogP) is 6.09. The molecule has 2 aromatic heterocycles. The molecule has 0 radical (unpaired) electrons. The number of carbonyl (C=O) groups is 1. The lowest BCUT2D eigenvalue weighted by Gasteiger charge is -2.23. The van der Waals surface area contributed by atoms with Crippen LogP contribution in [-0.4, -0.2) is 24.6 Å². The van der Waals surface area contributed by atoms with Gasteiger partial charge in [-0.15, -0.1) is 11.3 Å². The molecule has 0 saturated heterocycles. The molecule has 5 rings (SSSR count). The van der Waals surface area contributed by atoms with Gasteiger partial charge in [0.25, 0.3) is 5.91 Å². The number of ether oxygens (including phenoxy) is 2. The highest BCUT2D eigenvalue weighted by Crippen LogP contribution is 2.43. The number of thiazole rings is 1. The molecular formula is C26H23ClN2O5S. The topological polar surface area (TPSA) is 81.9 Å². The Morgan fingerprint density at radius 2 is 2.00 bits per heavy atom. The molecule has 0 spiro atoms. The van der Waals surface area contributed by atoms with Crippen LogP contribution in [0.4, 0.5) is 5.13 Å². The molecule has 1 amide bonds. The number of hydrogen-bond donors (Lipinski definition) is 0. The molecule has 0 N–H and O–H groups in total. The van der Waals surface area contributed by atoms with Crippen LogP contribution in [0.1, 0.15) is 48.0 Å². The molecule has 3 heterocycles. The van der Waals surface area contributed by atoms with Crippen molar-refractivity contribution in [3.63, 3.8) is 0 Å². The Morgan fingerprint density at radius 3 is 2.71 bits per heavy atom. The van der Waals surface area contributed by atoms with E-state index in [0.717, 1.165) is 6.42 Å². The lowest BCUT2D eigenvalue weighted by molar-refractivity contribution is 0.0971. The van der Waals surface area contributed by atoms with Crippen LogP contribution >= 0.6 is 22.9 Å². The van der Waals surface area contributed by atoms with Crippen LogP contribution in [0.25, 0.3) is 11.0 Å². The fraction of sp³-hybridized carbons (Fsp3) is 0.269. The Kier molecular flexibility index (Phi) is 6.25. The summed E-state index contributed by atoms with van der Waals surface area (Å²) in [5.41, 5.74) is 0.916. The molecule has 1 atom stereocenters. The monoisotopic (exact) mass is 510 g/mol. The van der Waals surface area contributed by atoms with Crippen molar-refractivity contribution in [3.8, 4) is 11.5 Å². The summed E-state index contributed by atoms with van der Waals surface area (Å²) in [6.45, 7) is 4.82. The maximum atomic E-state index is 13.7. The highest BCUT2D eigenvalue weighted by Gasteiger charge is 2.45. The summed E-state index contributed by atoms with van der Waals surface area (Å²) < 4.78 is 17.5. The van der Waals surface area contributed by atoms with Crippen LogP contribution in [-0.2, 0) is 0 Å². The van der Waals surface area contributed by atoms with Crippen LogP contribution in [0.3, 0.4) is 0 Å². The maximum Gasteiger partial charge on any atom is 0.297 e. The minimum atomic E-state index is -0.748. The third kappa shape index (κ3) is 4.17. The highest BCUT2D eigenvalue weighted by atomic mass is 35.5. The van der Waals surface area contributed by atoms with E-state index in [-0.39, 0.29) is 16.8 Å². The number of nitrogens with zero attached hydrogens (tertiary/aromatic N) is 2. The zero-order valence-electron chi connectivity index (χ0n) is 19.4. The van der Waals surface area contributed by atoms with Crippen molar-refractivity contribution in [2.45, 2.75) is 26.3 Å². The number of aromatic nitrogens is 1. The van der Waals surface area contributed by atoms with E-state index in [1.807, 2.05) is 6.07 Å². The summed E-state index contributed by atoms with van der Waals surface area (Å²) >= 11 is 7.46. The van der Waals surface area contributed by atoms with Gasteiger partial charge in [-0.3, -0.25) is 14.5 Å². The van der Waals surface area contributed by atoms with Crippen LogP contribution in [0.5, 0.6) is 11.5 Å². The van der Waals surface area contributed by atoms with Crippen molar-refractivity contribution in [2.75, 3.05) is 18.6 Å². The van der Waals surface area contributed by atoms with Gasteiger partial charge in [-0.25, -0.2) is 4.98 Å². The Labute approximate surface area is 210 Å². The number of methoxy groups -OCH3 is 1. The average molecular weight is 511 g/mol. The van der Waals surface area contributed by atoms with E-state index in [2.05, 4.69) is 18.8 Å². The Morgan fingerprint density at radius 1 is 1.17 bits per heavy atom. The van der Waals surface area contributed by atoms with Gasteiger partial charge in [-0.05, 0) is 48.2 Å². The van der Waals surface area contributed by atoms with E-state index in [0.29, 0.717) is 50.7 Å². The highest BCUT2D eigenvalue weighted by molar-refractivity contribution is 7.13. The van der Waals surface area contributed by atoms with Gasteiger partial charge in [0, 0.05) is 16.6 Å². The van der Waals surface area contributed by atoms with Crippen LogP contribution in [0.15, 0.2) is 57.2 Å². The molecule has 1 unspecified atom stereocenters. The summed E-state index contributed by atoms with van der Waals surface area (Å²) in [5.74, 6) is 1.20. The molecule has 0 saturated carbocycles. The van der Waals surface area contributed by atoms with Crippen molar-refractivity contribution in [1.82, 2.24) is 4.98 Å². The number of carbonyl (C=O) groups excluding carboxylic acids is 1. The first-order valence-corrected chi connectivity index (χ1v) is 12.4. The lowest BCUT2D eigenvalue weighted by Crippen LogP contribution is -2.29. The third-order valence-corrected chi connectivity index (χ3v) is 6.92. The molecule has 4 aromatic rings. The average Bonchev–Trinajstić information content (AvgIpc) is 3.46. The maximum absolute atomic E-state index is 13.7. The van der Waals surface area contributed by atoms with Crippen LogP contribution in [0, 0.1) is 5.92 Å². The summed E-state index contributed by atoms with van der Waals surface area (Å²) in [6.07, 6.45) is 2.52. The van der Waals surface area contributed by atoms with Gasteiger partial charge in [-0.2, -0.15) is 0 Å². The van der Waals surface area contributed by atoms with E-state index < -0.39 is 11.9 Å². The van der Waals surface area contributed by atoms with Crippen molar-refractivity contribution in [3.05, 3.63) is 80.1 Å². The first-order valence-electron chi connectivity index (χ1n) is 11.2. The number of anilines is 1. The second-order valence-corrected chi connectivity index (χ2v) is 9.96. The molecule has 0 aliphatic carbocycles. The van der Waals surface area contributed by atoms with Crippen LogP contribution in [0.2, 0.25) is 5.02 Å². The number of fused-ring (bicyclic) bond motifs is 2. The van der Waals surface area contributed by atoms with Gasteiger partial charge >= 0.3 is 0 Å².